The summed E-state index contributed by atoms with van der Waals surface area (Å²) in [6.07, 6.45) is 4.36. The Balaban J connectivity index is 1.69. The largest absolute Gasteiger partial charge is 0.391 e. The second-order valence-corrected chi connectivity index (χ2v) is 7.55. The van der Waals surface area contributed by atoms with Crippen LogP contribution in [0.4, 0.5) is 4.39 Å². The van der Waals surface area contributed by atoms with E-state index in [1.165, 1.54) is 6.07 Å². The van der Waals surface area contributed by atoms with Crippen LogP contribution in [-0.2, 0) is 6.54 Å². The lowest BCUT2D eigenvalue weighted by molar-refractivity contribution is 0.0718. The average Bonchev–Trinajstić information content (AvgIpc) is 3.10. The van der Waals surface area contributed by atoms with Crippen molar-refractivity contribution in [1.29, 1.82) is 5.26 Å². The third-order valence-corrected chi connectivity index (χ3v) is 5.55. The minimum atomic E-state index is -0.570. The summed E-state index contributed by atoms with van der Waals surface area (Å²) >= 11 is 0. The zero-order valence-electron chi connectivity index (χ0n) is 15.9. The fourth-order valence-electron chi connectivity index (χ4n) is 4.07. The van der Waals surface area contributed by atoms with Crippen LogP contribution >= 0.6 is 0 Å². The zero-order valence-corrected chi connectivity index (χ0v) is 15.9. The Labute approximate surface area is 168 Å². The Morgan fingerprint density at radius 3 is 2.83 bits per heavy atom. The van der Waals surface area contributed by atoms with Crippen molar-refractivity contribution in [3.05, 3.63) is 71.2 Å². The highest BCUT2D eigenvalue weighted by molar-refractivity contribution is 6.07. The van der Waals surface area contributed by atoms with E-state index in [1.54, 1.807) is 36.5 Å². The Bertz CT molecular complexity index is 1100. The van der Waals surface area contributed by atoms with Crippen molar-refractivity contribution in [3.8, 4) is 6.07 Å². The van der Waals surface area contributed by atoms with Crippen molar-refractivity contribution < 1.29 is 14.3 Å². The lowest BCUT2D eigenvalue weighted by Gasteiger charge is -2.28. The summed E-state index contributed by atoms with van der Waals surface area (Å²) in [5, 5.41) is 22.4. The van der Waals surface area contributed by atoms with Gasteiger partial charge in [0.1, 0.15) is 5.82 Å². The monoisotopic (exact) mass is 391 g/mol. The van der Waals surface area contributed by atoms with Crippen molar-refractivity contribution >= 4 is 16.8 Å². The van der Waals surface area contributed by atoms with Gasteiger partial charge in [-0.15, -0.1) is 0 Å². The molecule has 0 bridgehead atoms. The zero-order chi connectivity index (χ0) is 20.4. The van der Waals surface area contributed by atoms with Crippen molar-refractivity contribution in [1.82, 2.24) is 9.88 Å². The molecular formula is C23H22FN3O2. The van der Waals surface area contributed by atoms with E-state index in [0.717, 1.165) is 24.8 Å². The molecule has 1 aromatic heterocycles. The van der Waals surface area contributed by atoms with Gasteiger partial charge < -0.3 is 15.0 Å². The molecule has 3 aromatic rings. The van der Waals surface area contributed by atoms with Crippen molar-refractivity contribution in [3.63, 3.8) is 0 Å². The highest BCUT2D eigenvalue weighted by Gasteiger charge is 2.27. The molecule has 1 aliphatic carbocycles. The van der Waals surface area contributed by atoms with Crippen LogP contribution in [0.25, 0.3) is 10.9 Å². The number of carbonyl (C=O) groups excluding carboxylic acids is 1. The first-order chi connectivity index (χ1) is 14.1. The number of carbonyl (C=O) groups is 1. The number of hydrogen-bond acceptors (Lipinski definition) is 3. The van der Waals surface area contributed by atoms with E-state index >= 15 is 0 Å². The number of amides is 1. The smallest absolute Gasteiger partial charge is 0.253 e. The van der Waals surface area contributed by atoms with Gasteiger partial charge in [-0.3, -0.25) is 4.79 Å². The number of nitriles is 1. The third kappa shape index (κ3) is 3.87. The van der Waals surface area contributed by atoms with Crippen molar-refractivity contribution in [2.24, 2.45) is 0 Å². The van der Waals surface area contributed by atoms with Gasteiger partial charge in [0.05, 0.1) is 34.9 Å². The lowest BCUT2D eigenvalue weighted by Crippen LogP contribution is -2.45. The fourth-order valence-corrected chi connectivity index (χ4v) is 4.07. The van der Waals surface area contributed by atoms with Gasteiger partial charge in [-0.1, -0.05) is 31.0 Å². The number of aliphatic hydroxyl groups is 1. The molecule has 5 nitrogen and oxygen atoms in total. The molecule has 0 aliphatic heterocycles. The molecule has 29 heavy (non-hydrogen) atoms. The maximum atomic E-state index is 14.6. The highest BCUT2D eigenvalue weighted by atomic mass is 19.1. The minimum Gasteiger partial charge on any atom is -0.391 e. The summed E-state index contributed by atoms with van der Waals surface area (Å²) in [6.45, 7) is 0.412. The molecule has 1 saturated carbocycles. The molecule has 0 saturated heterocycles. The van der Waals surface area contributed by atoms with Gasteiger partial charge in [0, 0.05) is 18.1 Å². The second-order valence-electron chi connectivity index (χ2n) is 7.55. The van der Waals surface area contributed by atoms with E-state index in [-0.39, 0.29) is 22.9 Å². The summed E-state index contributed by atoms with van der Waals surface area (Å²) in [4.78, 5) is 12.9. The number of nitrogens with one attached hydrogen (secondary N) is 1. The van der Waals surface area contributed by atoms with Crippen molar-refractivity contribution in [2.75, 3.05) is 0 Å². The van der Waals surface area contributed by atoms with Gasteiger partial charge in [-0.2, -0.15) is 5.26 Å². The molecule has 148 valence electrons. The minimum absolute atomic E-state index is 0.257. The van der Waals surface area contributed by atoms with E-state index in [4.69, 9.17) is 5.26 Å². The molecule has 0 radical (unpaired) electrons. The molecule has 2 unspecified atom stereocenters. The third-order valence-electron chi connectivity index (χ3n) is 5.55. The molecule has 2 aromatic carbocycles. The first-order valence-corrected chi connectivity index (χ1v) is 9.82. The summed E-state index contributed by atoms with van der Waals surface area (Å²) in [5.41, 5.74) is 2.31. The molecule has 1 amide bonds. The predicted octanol–water partition coefficient (Wildman–Crippen LogP) is 3.73. The average molecular weight is 391 g/mol. The Morgan fingerprint density at radius 2 is 2.03 bits per heavy atom. The number of aliphatic hydroxyl groups excluding tert-OH is 1. The summed E-state index contributed by atoms with van der Waals surface area (Å²) in [6, 6.07) is 13.7. The summed E-state index contributed by atoms with van der Waals surface area (Å²) in [5.74, 6) is -0.836. The first-order valence-electron chi connectivity index (χ1n) is 9.82. The normalized spacial score (nSPS) is 19.1. The first kappa shape index (κ1) is 19.2. The maximum absolute atomic E-state index is 14.6. The van der Waals surface area contributed by atoms with E-state index in [0.29, 0.717) is 24.0 Å². The number of fused-ring (bicyclic) bond motifs is 1. The standard InChI is InChI=1S/C23H22FN3O2/c24-18-7-4-9-20-22(18)17(23(29)26-19-8-1-2-10-21(19)28)14-27(20)13-16-6-3-5-15(11-16)12-25/h3-7,9,11,14,19,21,28H,1-2,8,10,13H2,(H,26,29). The molecule has 0 spiro atoms. The summed E-state index contributed by atoms with van der Waals surface area (Å²) < 4.78 is 16.5. The van der Waals surface area contributed by atoms with Gasteiger partial charge in [0.2, 0.25) is 0 Å². The summed E-state index contributed by atoms with van der Waals surface area (Å²) in [7, 11) is 0. The van der Waals surface area contributed by atoms with Crippen molar-refractivity contribution in [2.45, 2.75) is 44.4 Å². The number of aromatic nitrogens is 1. The molecule has 4 rings (SSSR count). The number of rotatable bonds is 4. The van der Waals surface area contributed by atoms with Crippen LogP contribution in [0.15, 0.2) is 48.7 Å². The van der Waals surface area contributed by atoms with Crippen LogP contribution in [0.5, 0.6) is 0 Å². The quantitative estimate of drug-likeness (QED) is 0.711. The molecule has 1 heterocycles. The van der Waals surface area contributed by atoms with Crippen LogP contribution in [0.2, 0.25) is 0 Å². The fraction of sp³-hybridized carbons (Fsp3) is 0.304. The number of hydrogen-bond donors (Lipinski definition) is 2. The molecule has 1 aliphatic rings. The molecule has 6 heteroatoms. The molecule has 2 atom stereocenters. The Hall–Kier alpha value is -3.17. The lowest BCUT2D eigenvalue weighted by atomic mass is 9.92. The van der Waals surface area contributed by atoms with E-state index < -0.39 is 11.9 Å². The van der Waals surface area contributed by atoms with E-state index in [1.807, 2.05) is 10.6 Å². The Kier molecular flexibility index (Phi) is 5.32. The number of benzene rings is 2. The van der Waals surface area contributed by atoms with Gasteiger partial charge >= 0.3 is 0 Å². The number of halogens is 1. The highest BCUT2D eigenvalue weighted by Crippen LogP contribution is 2.26. The molecule has 1 fully saturated rings. The van der Waals surface area contributed by atoms with E-state index in [2.05, 4.69) is 11.4 Å². The van der Waals surface area contributed by atoms with Crippen LogP contribution in [0.3, 0.4) is 0 Å². The SMILES string of the molecule is N#Cc1cccc(Cn2cc(C(=O)NC3CCCCC3O)c3c(F)cccc32)c1. The van der Waals surface area contributed by atoms with Gasteiger partial charge in [-0.25, -0.2) is 4.39 Å². The van der Waals surface area contributed by atoms with Crippen LogP contribution in [0, 0.1) is 17.1 Å². The predicted molar refractivity (Wildman–Crippen MR) is 108 cm³/mol. The maximum Gasteiger partial charge on any atom is 0.253 e. The number of nitrogens with zero attached hydrogens (tertiary/aromatic N) is 2. The second kappa shape index (κ2) is 8.06. The van der Waals surface area contributed by atoms with Crippen LogP contribution < -0.4 is 5.32 Å². The van der Waals surface area contributed by atoms with Gasteiger partial charge in [0.15, 0.2) is 0 Å². The molecular weight excluding hydrogens is 369 g/mol. The van der Waals surface area contributed by atoms with Gasteiger partial charge in [0.25, 0.3) is 5.91 Å². The molecule has 2 N–H and O–H groups in total. The Morgan fingerprint density at radius 1 is 1.24 bits per heavy atom. The van der Waals surface area contributed by atoms with Crippen LogP contribution in [0.1, 0.15) is 47.2 Å². The topological polar surface area (TPSA) is 78.0 Å². The van der Waals surface area contributed by atoms with Gasteiger partial charge in [-0.05, 0) is 42.7 Å². The van der Waals surface area contributed by atoms with Crippen LogP contribution in [-0.4, -0.2) is 27.7 Å². The van der Waals surface area contributed by atoms with E-state index in [9.17, 15) is 14.3 Å².